The van der Waals surface area contributed by atoms with Gasteiger partial charge >= 0.3 is 12.2 Å². The number of carbonyl (C=O) groups excluding carboxylic acids is 6. The Kier molecular flexibility index (Phi) is 9.72. The molecular weight excluding hydrogens is 630 g/mol. The van der Waals surface area contributed by atoms with Gasteiger partial charge in [-0.25, -0.2) is 9.59 Å². The number of nitrogens with zero attached hydrogens (tertiary/aromatic N) is 2. The standard InChI is InChI=1S/C36H47N5O8/c1-35(2,3)49-33(46)37-27-14-8-6-4-5-7-13-25-18-36(25,32(45)38-29(42)22-15-16-22)39-30(43)28-17-26(21-41(28)31(27)44)48-34(47)40-19-23-11-9-10-12-24(23)20-40/h7,9-13,22,25-28H,4-6,8,14-21H2,1-3H3,(H,37,46)(H,39,43)(H,38,42,45)/t25-,26-,27+,28+,36-/m1/s1. The summed E-state index contributed by atoms with van der Waals surface area (Å²) in [5, 5.41) is 8.14. The molecule has 13 nitrogen and oxygen atoms in total. The van der Waals surface area contributed by atoms with Gasteiger partial charge < -0.3 is 25.0 Å². The molecule has 13 heteroatoms. The maximum Gasteiger partial charge on any atom is 0.410 e. The summed E-state index contributed by atoms with van der Waals surface area (Å²) in [4.78, 5) is 83.6. The van der Waals surface area contributed by atoms with Gasteiger partial charge in [-0.05, 0) is 70.4 Å². The third-order valence-electron chi connectivity index (χ3n) is 9.89. The van der Waals surface area contributed by atoms with E-state index < -0.39 is 59.2 Å². The number of hydrogen-bond donors (Lipinski definition) is 3. The van der Waals surface area contributed by atoms with Crippen molar-refractivity contribution in [2.75, 3.05) is 6.54 Å². The first-order chi connectivity index (χ1) is 23.3. The lowest BCUT2D eigenvalue weighted by molar-refractivity contribution is -0.141. The highest BCUT2D eigenvalue weighted by molar-refractivity contribution is 6.06. The third-order valence-corrected chi connectivity index (χ3v) is 9.89. The highest BCUT2D eigenvalue weighted by Gasteiger charge is 2.61. The summed E-state index contributed by atoms with van der Waals surface area (Å²) in [6.07, 6.45) is 6.88. The van der Waals surface area contributed by atoms with Gasteiger partial charge in [-0.2, -0.15) is 0 Å². The lowest BCUT2D eigenvalue weighted by Gasteiger charge is -2.30. The molecule has 2 aliphatic carbocycles. The number of carbonyl (C=O) groups is 6. The van der Waals surface area contributed by atoms with Crippen LogP contribution < -0.4 is 16.0 Å². The van der Waals surface area contributed by atoms with E-state index in [0.717, 1.165) is 43.2 Å². The number of benzene rings is 1. The minimum atomic E-state index is -1.34. The Bertz CT molecular complexity index is 1510. The maximum atomic E-state index is 14.3. The Morgan fingerprint density at radius 1 is 0.980 bits per heavy atom. The average molecular weight is 678 g/mol. The molecule has 6 amide bonds. The fourth-order valence-corrected chi connectivity index (χ4v) is 6.97. The third kappa shape index (κ3) is 8.08. The first-order valence-electron chi connectivity index (χ1n) is 17.5. The monoisotopic (exact) mass is 677 g/mol. The van der Waals surface area contributed by atoms with E-state index in [-0.39, 0.29) is 30.7 Å². The molecule has 0 spiro atoms. The van der Waals surface area contributed by atoms with Crippen molar-refractivity contribution >= 4 is 35.8 Å². The van der Waals surface area contributed by atoms with Gasteiger partial charge in [-0.1, -0.05) is 49.3 Å². The van der Waals surface area contributed by atoms with Crippen LogP contribution >= 0.6 is 0 Å². The second-order valence-electron chi connectivity index (χ2n) is 15.0. The van der Waals surface area contributed by atoms with Crippen molar-refractivity contribution in [3.63, 3.8) is 0 Å². The highest BCUT2D eigenvalue weighted by Crippen LogP contribution is 2.46. The molecule has 1 aromatic rings. The quantitative estimate of drug-likeness (QED) is 0.322. The van der Waals surface area contributed by atoms with E-state index in [1.807, 2.05) is 36.4 Å². The van der Waals surface area contributed by atoms with Crippen LogP contribution in [0, 0.1) is 11.8 Å². The zero-order valence-corrected chi connectivity index (χ0v) is 28.5. The highest BCUT2D eigenvalue weighted by atomic mass is 16.6. The molecule has 5 atom stereocenters. The smallest absolute Gasteiger partial charge is 0.410 e. The van der Waals surface area contributed by atoms with Gasteiger partial charge in [0.1, 0.15) is 29.3 Å². The number of rotatable bonds is 4. The van der Waals surface area contributed by atoms with Crippen LogP contribution in [0.25, 0.3) is 0 Å². The molecular formula is C36H47N5O8. The Morgan fingerprint density at radius 3 is 2.37 bits per heavy atom. The van der Waals surface area contributed by atoms with Crippen molar-refractivity contribution < 1.29 is 38.2 Å². The molecule has 2 saturated carbocycles. The van der Waals surface area contributed by atoms with Crippen molar-refractivity contribution in [2.45, 2.75) is 121 Å². The first kappa shape index (κ1) is 34.4. The predicted molar refractivity (Wildman–Crippen MR) is 176 cm³/mol. The fraction of sp³-hybridized carbons (Fsp3) is 0.611. The van der Waals surface area contributed by atoms with Crippen LogP contribution in [-0.2, 0) is 41.7 Å². The van der Waals surface area contributed by atoms with Crippen molar-refractivity contribution in [1.29, 1.82) is 0 Å². The van der Waals surface area contributed by atoms with Crippen LogP contribution in [0.5, 0.6) is 0 Å². The van der Waals surface area contributed by atoms with E-state index in [9.17, 15) is 28.8 Å². The first-order valence-corrected chi connectivity index (χ1v) is 17.5. The Labute approximate surface area is 286 Å². The second-order valence-corrected chi connectivity index (χ2v) is 15.0. The molecule has 6 rings (SSSR count). The summed E-state index contributed by atoms with van der Waals surface area (Å²) < 4.78 is 11.4. The zero-order valence-electron chi connectivity index (χ0n) is 28.5. The van der Waals surface area contributed by atoms with Crippen molar-refractivity contribution in [3.8, 4) is 0 Å². The summed E-state index contributed by atoms with van der Waals surface area (Å²) in [6.45, 7) is 5.90. The Balaban J connectivity index is 1.24. The molecule has 1 aromatic carbocycles. The molecule has 264 valence electrons. The van der Waals surface area contributed by atoms with E-state index in [1.165, 1.54) is 4.90 Å². The molecule has 0 bridgehead atoms. The van der Waals surface area contributed by atoms with Gasteiger partial charge in [-0.3, -0.25) is 29.4 Å². The lowest BCUT2D eigenvalue weighted by atomic mass is 10.0. The number of amides is 6. The minimum Gasteiger partial charge on any atom is -0.444 e. The van der Waals surface area contributed by atoms with E-state index >= 15 is 0 Å². The summed E-state index contributed by atoms with van der Waals surface area (Å²) >= 11 is 0. The van der Waals surface area contributed by atoms with Crippen LogP contribution in [0.3, 0.4) is 0 Å². The Hall–Kier alpha value is -4.42. The summed E-state index contributed by atoms with van der Waals surface area (Å²) in [5.41, 5.74) is -0.0700. The van der Waals surface area contributed by atoms with Gasteiger partial charge in [0.05, 0.1) is 6.54 Å². The van der Waals surface area contributed by atoms with Crippen LogP contribution in [0.1, 0.15) is 89.7 Å². The van der Waals surface area contributed by atoms with Crippen LogP contribution in [0.4, 0.5) is 9.59 Å². The molecule has 0 radical (unpaired) electrons. The van der Waals surface area contributed by atoms with Gasteiger partial charge in [0.15, 0.2) is 0 Å². The number of alkyl carbamates (subject to hydrolysis) is 1. The molecule has 0 unspecified atom stereocenters. The largest absolute Gasteiger partial charge is 0.444 e. The molecule has 49 heavy (non-hydrogen) atoms. The van der Waals surface area contributed by atoms with Gasteiger partial charge in [0.2, 0.25) is 17.7 Å². The lowest BCUT2D eigenvalue weighted by Crippen LogP contribution is -2.58. The number of hydrogen-bond acceptors (Lipinski definition) is 8. The predicted octanol–water partition coefficient (Wildman–Crippen LogP) is 3.45. The second kappa shape index (κ2) is 13.8. The minimum absolute atomic E-state index is 0.00245. The molecule has 3 N–H and O–H groups in total. The van der Waals surface area contributed by atoms with Crippen molar-refractivity contribution in [3.05, 3.63) is 47.5 Å². The van der Waals surface area contributed by atoms with Crippen LogP contribution in [0.2, 0.25) is 0 Å². The molecule has 3 aliphatic heterocycles. The van der Waals surface area contributed by atoms with Gasteiger partial charge in [0, 0.05) is 31.3 Å². The molecule has 3 heterocycles. The molecule has 0 aromatic heterocycles. The Morgan fingerprint density at radius 2 is 1.69 bits per heavy atom. The van der Waals surface area contributed by atoms with E-state index in [1.54, 1.807) is 25.7 Å². The van der Waals surface area contributed by atoms with E-state index in [0.29, 0.717) is 32.4 Å². The van der Waals surface area contributed by atoms with Crippen LogP contribution in [0.15, 0.2) is 36.4 Å². The average Bonchev–Trinajstić information content (AvgIpc) is 3.92. The number of imide groups is 1. The zero-order chi connectivity index (χ0) is 34.9. The van der Waals surface area contributed by atoms with E-state index in [2.05, 4.69) is 16.0 Å². The molecule has 3 fully saturated rings. The fourth-order valence-electron chi connectivity index (χ4n) is 6.97. The number of ether oxygens (including phenoxy) is 2. The topological polar surface area (TPSA) is 163 Å². The summed E-state index contributed by atoms with van der Waals surface area (Å²) in [5.74, 6) is -2.50. The van der Waals surface area contributed by atoms with Crippen LogP contribution in [-0.4, -0.2) is 81.5 Å². The molecule has 5 aliphatic rings. The maximum absolute atomic E-state index is 14.3. The summed E-state index contributed by atoms with van der Waals surface area (Å²) in [6, 6.07) is 5.66. The van der Waals surface area contributed by atoms with Crippen molar-refractivity contribution in [1.82, 2.24) is 25.8 Å². The SMILES string of the molecule is CC(C)(C)OC(=O)N[C@H]1CCCCCC=C[C@@H]2C[C@@]2(C(=O)NC(=O)C2CC2)NC(=O)[C@@H]2C[C@@H](OC(=O)N3Cc4ccccc4C3)CN2C1=O. The van der Waals surface area contributed by atoms with E-state index in [4.69, 9.17) is 9.47 Å². The van der Waals surface area contributed by atoms with Crippen molar-refractivity contribution in [2.24, 2.45) is 11.8 Å². The normalized spacial score (nSPS) is 28.6. The van der Waals surface area contributed by atoms with Gasteiger partial charge in [0.25, 0.3) is 5.91 Å². The summed E-state index contributed by atoms with van der Waals surface area (Å²) in [7, 11) is 0. The number of allylic oxidation sites excluding steroid dienone is 1. The number of fused-ring (bicyclic) bond motifs is 3. The van der Waals surface area contributed by atoms with Gasteiger partial charge in [-0.15, -0.1) is 0 Å². The number of nitrogens with one attached hydrogen (secondary N) is 3. The molecule has 1 saturated heterocycles.